The molecule has 0 amide bonds. The molecule has 0 aliphatic carbocycles. The summed E-state index contributed by atoms with van der Waals surface area (Å²) in [4.78, 5) is 0. The third-order valence-electron chi connectivity index (χ3n) is 3.53. The molecule has 0 unspecified atom stereocenters. The highest BCUT2D eigenvalue weighted by atomic mass is 16.4. The maximum absolute atomic E-state index is 8.71. The molecule has 4 N–H and O–H groups in total. The lowest BCUT2D eigenvalue weighted by Gasteiger charge is -2.23. The van der Waals surface area contributed by atoms with Crippen molar-refractivity contribution in [2.75, 3.05) is 6.54 Å². The largest absolute Gasteiger partial charge is 0.409 e. The summed E-state index contributed by atoms with van der Waals surface area (Å²) in [6, 6.07) is 10.7. The van der Waals surface area contributed by atoms with Crippen LogP contribution in [0.5, 0.6) is 0 Å². The molecular formula is C15H25N3O. The normalized spacial score (nSPS) is 14.4. The van der Waals surface area contributed by atoms with Gasteiger partial charge in [0.2, 0.25) is 0 Å². The molecule has 1 aromatic rings. The van der Waals surface area contributed by atoms with Crippen molar-refractivity contribution in [3.63, 3.8) is 0 Å². The lowest BCUT2D eigenvalue weighted by molar-refractivity contribution is 0.304. The molecule has 0 aromatic heterocycles. The fourth-order valence-electron chi connectivity index (χ4n) is 1.97. The Labute approximate surface area is 115 Å². The van der Waals surface area contributed by atoms with Crippen molar-refractivity contribution in [3.8, 4) is 0 Å². The molecule has 0 heterocycles. The van der Waals surface area contributed by atoms with E-state index in [1.165, 1.54) is 5.56 Å². The molecular weight excluding hydrogens is 238 g/mol. The van der Waals surface area contributed by atoms with Gasteiger partial charge < -0.3 is 16.3 Å². The Morgan fingerprint density at radius 1 is 1.37 bits per heavy atom. The van der Waals surface area contributed by atoms with E-state index in [9.17, 15) is 0 Å². The predicted molar refractivity (Wildman–Crippen MR) is 79.3 cm³/mol. The molecule has 1 aromatic carbocycles. The zero-order chi connectivity index (χ0) is 14.3. The van der Waals surface area contributed by atoms with Gasteiger partial charge in [0.05, 0.1) is 0 Å². The Morgan fingerprint density at radius 2 is 2.00 bits per heavy atom. The number of nitrogens with two attached hydrogens (primary N) is 1. The second-order valence-corrected chi connectivity index (χ2v) is 5.56. The molecule has 0 saturated carbocycles. The van der Waals surface area contributed by atoms with E-state index in [-0.39, 0.29) is 5.41 Å². The quantitative estimate of drug-likeness (QED) is 0.233. The van der Waals surface area contributed by atoms with Crippen molar-refractivity contribution in [1.82, 2.24) is 5.32 Å². The first kappa shape index (κ1) is 15.5. The number of rotatable bonds is 7. The highest BCUT2D eigenvalue weighted by molar-refractivity contribution is 5.85. The summed E-state index contributed by atoms with van der Waals surface area (Å²) in [6.45, 7) is 7.05. The lowest BCUT2D eigenvalue weighted by atomic mass is 9.86. The SMILES string of the molecule is C[C@H](NCCCC(C)(C)C(N)=NO)c1ccccc1. The van der Waals surface area contributed by atoms with Crippen molar-refractivity contribution < 1.29 is 5.21 Å². The Morgan fingerprint density at radius 3 is 2.58 bits per heavy atom. The Balaban J connectivity index is 2.32. The van der Waals surface area contributed by atoms with Crippen molar-refractivity contribution >= 4 is 5.84 Å². The maximum atomic E-state index is 8.71. The molecule has 106 valence electrons. The van der Waals surface area contributed by atoms with Gasteiger partial charge in [0, 0.05) is 11.5 Å². The van der Waals surface area contributed by atoms with Crippen LogP contribution in [0.3, 0.4) is 0 Å². The van der Waals surface area contributed by atoms with Gasteiger partial charge in [-0.15, -0.1) is 0 Å². The number of benzene rings is 1. The minimum Gasteiger partial charge on any atom is -0.409 e. The molecule has 4 nitrogen and oxygen atoms in total. The van der Waals surface area contributed by atoms with E-state index in [0.717, 1.165) is 19.4 Å². The van der Waals surface area contributed by atoms with Crippen molar-refractivity contribution in [2.45, 2.75) is 39.7 Å². The Bertz CT molecular complexity index is 401. The summed E-state index contributed by atoms with van der Waals surface area (Å²) in [6.07, 6.45) is 1.87. The van der Waals surface area contributed by atoms with E-state index in [2.05, 4.69) is 41.7 Å². The topological polar surface area (TPSA) is 70.6 Å². The fraction of sp³-hybridized carbons (Fsp3) is 0.533. The fourth-order valence-corrected chi connectivity index (χ4v) is 1.97. The van der Waals surface area contributed by atoms with Gasteiger partial charge in [-0.3, -0.25) is 0 Å². The molecule has 0 saturated heterocycles. The molecule has 0 spiro atoms. The van der Waals surface area contributed by atoms with Crippen LogP contribution < -0.4 is 11.1 Å². The molecule has 1 atom stereocenters. The van der Waals surface area contributed by atoms with Gasteiger partial charge in [0.15, 0.2) is 0 Å². The van der Waals surface area contributed by atoms with Gasteiger partial charge in [-0.05, 0) is 31.9 Å². The highest BCUT2D eigenvalue weighted by Gasteiger charge is 2.22. The first-order valence-electron chi connectivity index (χ1n) is 6.73. The third kappa shape index (κ3) is 4.91. The number of hydrogen-bond donors (Lipinski definition) is 3. The van der Waals surface area contributed by atoms with Crippen molar-refractivity contribution in [3.05, 3.63) is 35.9 Å². The first-order chi connectivity index (χ1) is 8.97. The lowest BCUT2D eigenvalue weighted by Crippen LogP contribution is -2.32. The van der Waals surface area contributed by atoms with E-state index in [4.69, 9.17) is 10.9 Å². The smallest absolute Gasteiger partial charge is 0.144 e. The summed E-state index contributed by atoms with van der Waals surface area (Å²) in [5.74, 6) is 0.295. The molecule has 0 bridgehead atoms. The van der Waals surface area contributed by atoms with E-state index in [0.29, 0.717) is 11.9 Å². The van der Waals surface area contributed by atoms with Gasteiger partial charge in [0.25, 0.3) is 0 Å². The van der Waals surface area contributed by atoms with Crippen LogP contribution in [-0.2, 0) is 0 Å². The van der Waals surface area contributed by atoms with Crippen LogP contribution >= 0.6 is 0 Å². The summed E-state index contributed by atoms with van der Waals surface area (Å²) < 4.78 is 0. The number of hydrogen-bond acceptors (Lipinski definition) is 3. The summed E-state index contributed by atoms with van der Waals surface area (Å²) in [7, 11) is 0. The summed E-state index contributed by atoms with van der Waals surface area (Å²) in [5, 5.41) is 15.3. The van der Waals surface area contributed by atoms with Crippen molar-refractivity contribution in [2.24, 2.45) is 16.3 Å². The predicted octanol–water partition coefficient (Wildman–Crippen LogP) is 2.89. The van der Waals surface area contributed by atoms with E-state index in [1.54, 1.807) is 0 Å². The number of nitrogens with one attached hydrogen (secondary N) is 1. The standard InChI is InChI=1S/C15H25N3O/c1-12(13-8-5-4-6-9-13)17-11-7-10-15(2,3)14(16)18-19/h4-6,8-9,12,17,19H,7,10-11H2,1-3H3,(H2,16,18)/t12-/m0/s1. The van der Waals surface area contributed by atoms with Crippen LogP contribution in [0.25, 0.3) is 0 Å². The molecule has 0 aliphatic rings. The van der Waals surface area contributed by atoms with Gasteiger partial charge >= 0.3 is 0 Å². The minimum absolute atomic E-state index is 0.258. The number of amidine groups is 1. The van der Waals surface area contributed by atoms with E-state index < -0.39 is 0 Å². The van der Waals surface area contributed by atoms with Gasteiger partial charge in [0.1, 0.15) is 5.84 Å². The number of nitrogens with zero attached hydrogens (tertiary/aromatic N) is 1. The molecule has 4 heteroatoms. The van der Waals surface area contributed by atoms with Crippen LogP contribution in [-0.4, -0.2) is 17.6 Å². The van der Waals surface area contributed by atoms with Crippen LogP contribution in [0.2, 0.25) is 0 Å². The molecule has 0 fully saturated rings. The molecule has 0 radical (unpaired) electrons. The summed E-state index contributed by atoms with van der Waals surface area (Å²) >= 11 is 0. The third-order valence-corrected chi connectivity index (χ3v) is 3.53. The molecule has 1 rings (SSSR count). The first-order valence-corrected chi connectivity index (χ1v) is 6.73. The molecule has 19 heavy (non-hydrogen) atoms. The monoisotopic (exact) mass is 263 g/mol. The van der Waals surface area contributed by atoms with E-state index >= 15 is 0 Å². The van der Waals surface area contributed by atoms with Gasteiger partial charge in [-0.2, -0.15) is 0 Å². The average Bonchev–Trinajstić information content (AvgIpc) is 2.43. The second kappa shape index (κ2) is 7.14. The summed E-state index contributed by atoms with van der Waals surface area (Å²) in [5.41, 5.74) is 6.70. The maximum Gasteiger partial charge on any atom is 0.144 e. The number of oxime groups is 1. The molecule has 0 aliphatic heterocycles. The highest BCUT2D eigenvalue weighted by Crippen LogP contribution is 2.22. The van der Waals surface area contributed by atoms with Gasteiger partial charge in [-0.1, -0.05) is 49.3 Å². The van der Waals surface area contributed by atoms with Crippen LogP contribution in [0.4, 0.5) is 0 Å². The van der Waals surface area contributed by atoms with Crippen molar-refractivity contribution in [1.29, 1.82) is 0 Å². The van der Waals surface area contributed by atoms with Crippen LogP contribution in [0.15, 0.2) is 35.5 Å². The van der Waals surface area contributed by atoms with Crippen LogP contribution in [0.1, 0.15) is 45.2 Å². The minimum atomic E-state index is -0.258. The van der Waals surface area contributed by atoms with Crippen LogP contribution in [0, 0.1) is 5.41 Å². The van der Waals surface area contributed by atoms with Gasteiger partial charge in [-0.25, -0.2) is 0 Å². The Hall–Kier alpha value is -1.55. The zero-order valence-corrected chi connectivity index (χ0v) is 12.1. The zero-order valence-electron chi connectivity index (χ0n) is 12.1. The average molecular weight is 263 g/mol. The van der Waals surface area contributed by atoms with E-state index in [1.807, 2.05) is 19.9 Å². The Kier molecular flexibility index (Phi) is 5.83. The second-order valence-electron chi connectivity index (χ2n) is 5.56.